The van der Waals surface area contributed by atoms with Crippen LogP contribution in [0.25, 0.3) is 0 Å². The Labute approximate surface area is 104 Å². The van der Waals surface area contributed by atoms with Crippen LogP contribution < -0.4 is 5.32 Å². The molecule has 2 N–H and O–H groups in total. The molecular formula is C10H16N4O4. The molecule has 0 aromatic carbocycles. The monoisotopic (exact) mass is 256 g/mol. The van der Waals surface area contributed by atoms with E-state index in [1.54, 1.807) is 20.9 Å². The van der Waals surface area contributed by atoms with Crippen molar-refractivity contribution >= 4 is 17.5 Å². The summed E-state index contributed by atoms with van der Waals surface area (Å²) in [5.41, 5.74) is 0.296. The van der Waals surface area contributed by atoms with Gasteiger partial charge in [0.2, 0.25) is 5.82 Å². The number of aryl methyl sites for hydroxylation is 2. The summed E-state index contributed by atoms with van der Waals surface area (Å²) in [6.07, 6.45) is 0.322. The van der Waals surface area contributed by atoms with Crippen molar-refractivity contribution in [3.05, 3.63) is 15.8 Å². The largest absolute Gasteiger partial charge is 0.481 e. The summed E-state index contributed by atoms with van der Waals surface area (Å²) in [6, 6.07) is -0.415. The average Bonchev–Trinajstić information content (AvgIpc) is 2.54. The van der Waals surface area contributed by atoms with Gasteiger partial charge in [-0.05, 0) is 13.3 Å². The number of nitrogens with zero attached hydrogens (tertiary/aromatic N) is 3. The second-order valence-corrected chi connectivity index (χ2v) is 4.02. The van der Waals surface area contributed by atoms with Gasteiger partial charge < -0.3 is 10.4 Å². The fraction of sp³-hybridized carbons (Fsp3) is 0.600. The normalized spacial score (nSPS) is 12.2. The van der Waals surface area contributed by atoms with Crippen LogP contribution in [0.15, 0.2) is 0 Å². The lowest BCUT2D eigenvalue weighted by atomic mass is 10.2. The van der Waals surface area contributed by atoms with Crippen LogP contribution in [0.1, 0.15) is 26.0 Å². The maximum absolute atomic E-state index is 11.0. The average molecular weight is 256 g/mol. The molecule has 0 spiro atoms. The predicted molar refractivity (Wildman–Crippen MR) is 64.6 cm³/mol. The number of carboxylic acids is 1. The zero-order chi connectivity index (χ0) is 13.9. The first-order valence-corrected chi connectivity index (χ1v) is 5.55. The maximum Gasteiger partial charge on any atom is 0.333 e. The molecule has 0 saturated heterocycles. The molecule has 8 heteroatoms. The minimum Gasteiger partial charge on any atom is -0.481 e. The molecule has 0 radical (unpaired) electrons. The summed E-state index contributed by atoms with van der Waals surface area (Å²) in [5.74, 6) is -0.721. The summed E-state index contributed by atoms with van der Waals surface area (Å²) < 4.78 is 1.37. The molecule has 1 aromatic rings. The molecule has 100 valence electrons. The third kappa shape index (κ3) is 2.96. The Bertz CT molecular complexity index is 469. The van der Waals surface area contributed by atoms with E-state index in [2.05, 4.69) is 10.4 Å². The highest BCUT2D eigenvalue weighted by molar-refractivity contribution is 5.69. The number of aromatic nitrogens is 2. The van der Waals surface area contributed by atoms with Gasteiger partial charge in [0.05, 0.1) is 11.3 Å². The number of anilines is 1. The molecule has 0 fully saturated rings. The second kappa shape index (κ2) is 5.48. The van der Waals surface area contributed by atoms with Gasteiger partial charge >= 0.3 is 11.7 Å². The summed E-state index contributed by atoms with van der Waals surface area (Å²) in [4.78, 5) is 21.1. The van der Waals surface area contributed by atoms with E-state index in [9.17, 15) is 14.9 Å². The van der Waals surface area contributed by atoms with Crippen LogP contribution in [0.5, 0.6) is 0 Å². The Morgan fingerprint density at radius 2 is 2.28 bits per heavy atom. The van der Waals surface area contributed by atoms with Crippen LogP contribution in [0, 0.1) is 10.1 Å². The quantitative estimate of drug-likeness (QED) is 0.583. The van der Waals surface area contributed by atoms with Crippen molar-refractivity contribution in [2.75, 3.05) is 5.32 Å². The lowest BCUT2D eigenvalue weighted by Crippen LogP contribution is -2.21. The maximum atomic E-state index is 11.0. The number of carboxylic acid groups (broad SMARTS) is 1. The molecule has 8 nitrogen and oxygen atoms in total. The van der Waals surface area contributed by atoms with Gasteiger partial charge in [0, 0.05) is 13.1 Å². The minimum absolute atomic E-state index is 0.0859. The first-order valence-electron chi connectivity index (χ1n) is 5.55. The van der Waals surface area contributed by atoms with Crippen molar-refractivity contribution in [3.63, 3.8) is 0 Å². The third-order valence-corrected chi connectivity index (χ3v) is 2.47. The van der Waals surface area contributed by atoms with Crippen molar-refractivity contribution in [2.45, 2.75) is 32.7 Å². The molecule has 1 atom stereocenters. The molecule has 0 aliphatic carbocycles. The summed E-state index contributed by atoms with van der Waals surface area (Å²) in [7, 11) is 1.59. The number of aliphatic carboxylic acids is 1. The standard InChI is InChI=1S/C10H16N4O4/c1-4-7-9(14(17)18)10(13(3)12-7)11-6(2)5-8(15)16/h6,11H,4-5H2,1-3H3,(H,15,16). The molecule has 1 heterocycles. The van der Waals surface area contributed by atoms with Gasteiger partial charge in [-0.1, -0.05) is 6.92 Å². The second-order valence-electron chi connectivity index (χ2n) is 4.02. The van der Waals surface area contributed by atoms with Crippen LogP contribution in [0.2, 0.25) is 0 Å². The number of hydrogen-bond donors (Lipinski definition) is 2. The Kier molecular flexibility index (Phi) is 4.24. The van der Waals surface area contributed by atoms with E-state index in [1.807, 2.05) is 0 Å². The number of rotatable bonds is 6. The summed E-state index contributed by atoms with van der Waals surface area (Å²) in [5, 5.41) is 26.6. The Hall–Kier alpha value is -2.12. The van der Waals surface area contributed by atoms with E-state index in [1.165, 1.54) is 4.68 Å². The van der Waals surface area contributed by atoms with Gasteiger partial charge in [0.15, 0.2) is 0 Å². The first-order chi connectivity index (χ1) is 8.36. The lowest BCUT2D eigenvalue weighted by Gasteiger charge is -2.12. The SMILES string of the molecule is CCc1nn(C)c(NC(C)CC(=O)O)c1[N+](=O)[O-]. The molecule has 18 heavy (non-hydrogen) atoms. The fourth-order valence-corrected chi connectivity index (χ4v) is 1.71. The Balaban J connectivity index is 3.04. The molecule has 1 aromatic heterocycles. The number of hydrogen-bond acceptors (Lipinski definition) is 5. The minimum atomic E-state index is -0.962. The van der Waals surface area contributed by atoms with Gasteiger partial charge in [-0.2, -0.15) is 5.10 Å². The Morgan fingerprint density at radius 3 is 2.72 bits per heavy atom. The predicted octanol–water partition coefficient (Wildman–Crippen LogP) is 1.17. The van der Waals surface area contributed by atoms with Crippen molar-refractivity contribution < 1.29 is 14.8 Å². The van der Waals surface area contributed by atoms with Crippen molar-refractivity contribution in [3.8, 4) is 0 Å². The topological polar surface area (TPSA) is 110 Å². The first kappa shape index (κ1) is 13.9. The van der Waals surface area contributed by atoms with Gasteiger partial charge in [0.25, 0.3) is 0 Å². The molecule has 1 rings (SSSR count). The molecular weight excluding hydrogens is 240 g/mol. The van der Waals surface area contributed by atoms with Crippen LogP contribution in [0.4, 0.5) is 11.5 Å². The number of nitro groups is 1. The fourth-order valence-electron chi connectivity index (χ4n) is 1.71. The van der Waals surface area contributed by atoms with E-state index >= 15 is 0 Å². The molecule has 0 saturated carbocycles. The number of nitrogens with one attached hydrogen (secondary N) is 1. The van der Waals surface area contributed by atoms with Gasteiger partial charge in [-0.15, -0.1) is 0 Å². The van der Waals surface area contributed by atoms with Crippen LogP contribution in [-0.4, -0.2) is 31.8 Å². The Morgan fingerprint density at radius 1 is 1.67 bits per heavy atom. The van der Waals surface area contributed by atoms with E-state index in [-0.39, 0.29) is 17.9 Å². The highest BCUT2D eigenvalue weighted by atomic mass is 16.6. The highest BCUT2D eigenvalue weighted by Gasteiger charge is 2.26. The lowest BCUT2D eigenvalue weighted by molar-refractivity contribution is -0.384. The van der Waals surface area contributed by atoms with Crippen molar-refractivity contribution in [2.24, 2.45) is 7.05 Å². The molecule has 0 amide bonds. The molecule has 0 bridgehead atoms. The van der Waals surface area contributed by atoms with Crippen LogP contribution >= 0.6 is 0 Å². The molecule has 0 aliphatic heterocycles. The van der Waals surface area contributed by atoms with E-state index < -0.39 is 16.9 Å². The van der Waals surface area contributed by atoms with E-state index in [0.717, 1.165) is 0 Å². The smallest absolute Gasteiger partial charge is 0.333 e. The molecule has 1 unspecified atom stereocenters. The van der Waals surface area contributed by atoms with Crippen molar-refractivity contribution in [1.82, 2.24) is 9.78 Å². The zero-order valence-corrected chi connectivity index (χ0v) is 10.5. The zero-order valence-electron chi connectivity index (χ0n) is 10.5. The van der Waals surface area contributed by atoms with Gasteiger partial charge in [-0.25, -0.2) is 4.68 Å². The summed E-state index contributed by atoms with van der Waals surface area (Å²) >= 11 is 0. The van der Waals surface area contributed by atoms with E-state index in [4.69, 9.17) is 5.11 Å². The van der Waals surface area contributed by atoms with Crippen LogP contribution in [-0.2, 0) is 18.3 Å². The number of carbonyl (C=O) groups is 1. The van der Waals surface area contributed by atoms with Gasteiger partial charge in [-0.3, -0.25) is 14.9 Å². The third-order valence-electron chi connectivity index (χ3n) is 2.47. The molecule has 0 aliphatic rings. The van der Waals surface area contributed by atoms with Crippen molar-refractivity contribution in [1.29, 1.82) is 0 Å². The highest BCUT2D eigenvalue weighted by Crippen LogP contribution is 2.29. The summed E-state index contributed by atoms with van der Waals surface area (Å²) in [6.45, 7) is 3.43. The van der Waals surface area contributed by atoms with Gasteiger partial charge in [0.1, 0.15) is 5.69 Å². The van der Waals surface area contributed by atoms with E-state index in [0.29, 0.717) is 12.1 Å². The van der Waals surface area contributed by atoms with Crippen LogP contribution in [0.3, 0.4) is 0 Å².